The van der Waals surface area contributed by atoms with Crippen molar-refractivity contribution in [3.8, 4) is 11.5 Å². The van der Waals surface area contributed by atoms with Crippen molar-refractivity contribution in [1.82, 2.24) is 24.8 Å². The molecule has 1 saturated heterocycles. The summed E-state index contributed by atoms with van der Waals surface area (Å²) in [5.74, 6) is 0.990. The minimum absolute atomic E-state index is 0.0386. The van der Waals surface area contributed by atoms with E-state index >= 15 is 0 Å². The third-order valence-corrected chi connectivity index (χ3v) is 8.08. The van der Waals surface area contributed by atoms with Crippen LogP contribution in [-0.2, 0) is 18.1 Å². The van der Waals surface area contributed by atoms with Crippen LogP contribution in [0.25, 0.3) is 11.5 Å². The van der Waals surface area contributed by atoms with Gasteiger partial charge in [-0.05, 0) is 69.7 Å². The number of fused-ring (bicyclic) bond motifs is 3. The van der Waals surface area contributed by atoms with E-state index in [-0.39, 0.29) is 17.0 Å². The average Bonchev–Trinajstić information content (AvgIpc) is 3.51. The van der Waals surface area contributed by atoms with Crippen molar-refractivity contribution in [3.05, 3.63) is 70.4 Å². The highest BCUT2D eigenvalue weighted by Gasteiger charge is 2.70. The topological polar surface area (TPSA) is 71.9 Å². The van der Waals surface area contributed by atoms with Crippen LogP contribution in [0.1, 0.15) is 64.8 Å². The first kappa shape index (κ1) is 22.1. The Balaban J connectivity index is 1.53. The summed E-state index contributed by atoms with van der Waals surface area (Å²) >= 11 is 0. The molecule has 1 spiro atoms. The molecule has 2 aliphatic heterocycles. The number of alkyl halides is 3. The van der Waals surface area contributed by atoms with E-state index in [1.807, 2.05) is 11.8 Å². The van der Waals surface area contributed by atoms with Crippen molar-refractivity contribution in [3.63, 3.8) is 0 Å². The van der Waals surface area contributed by atoms with Crippen molar-refractivity contribution in [2.24, 2.45) is 5.92 Å². The van der Waals surface area contributed by atoms with Crippen LogP contribution in [0.15, 0.2) is 36.7 Å². The Hall–Kier alpha value is -3.36. The molecule has 3 aromatic rings. The Morgan fingerprint density at radius 1 is 1.11 bits per heavy atom. The maximum Gasteiger partial charge on any atom is 0.416 e. The molecule has 1 aliphatic carbocycles. The van der Waals surface area contributed by atoms with E-state index in [0.29, 0.717) is 36.1 Å². The SMILES string of the molecule is Cc1nc(-c2ncccn2)c2c(n1)C1(C)CCC3CC3(C2)N1C(=O)c1cccc(C(F)(F)F)c1C. The lowest BCUT2D eigenvalue weighted by Crippen LogP contribution is -2.62. The Bertz CT molecular complexity index is 1380. The van der Waals surface area contributed by atoms with Gasteiger partial charge >= 0.3 is 6.18 Å². The summed E-state index contributed by atoms with van der Waals surface area (Å²) in [6.45, 7) is 5.17. The van der Waals surface area contributed by atoms with Gasteiger partial charge < -0.3 is 4.90 Å². The van der Waals surface area contributed by atoms with Gasteiger partial charge in [0.15, 0.2) is 5.82 Å². The van der Waals surface area contributed by atoms with Crippen molar-refractivity contribution in [2.75, 3.05) is 0 Å². The molecule has 0 radical (unpaired) electrons. The van der Waals surface area contributed by atoms with Gasteiger partial charge in [-0.3, -0.25) is 4.79 Å². The van der Waals surface area contributed by atoms with Gasteiger partial charge in [0.25, 0.3) is 5.91 Å². The molecule has 3 aliphatic rings. The first-order valence-corrected chi connectivity index (χ1v) is 11.7. The number of piperidine rings is 1. The van der Waals surface area contributed by atoms with Gasteiger partial charge in [-0.1, -0.05) is 6.07 Å². The standard InChI is InChI=1S/C26H24F3N5O/c1-14-17(6-4-7-19(14)26(27,28)29)23(35)34-24(3)9-8-16-12-25(16,34)13-18-20(22-30-10-5-11-31-22)32-15(2)33-21(18)24/h4-7,10-11,16H,8-9,12-13H2,1-3H3. The second-order valence-electron chi connectivity index (χ2n) is 10.1. The molecule has 6 rings (SSSR count). The molecule has 2 bridgehead atoms. The van der Waals surface area contributed by atoms with Gasteiger partial charge in [0.1, 0.15) is 11.5 Å². The summed E-state index contributed by atoms with van der Waals surface area (Å²) in [5.41, 5.74) is 0.422. The van der Waals surface area contributed by atoms with Crippen LogP contribution in [0.3, 0.4) is 0 Å². The Morgan fingerprint density at radius 2 is 1.86 bits per heavy atom. The van der Waals surface area contributed by atoms with E-state index in [9.17, 15) is 18.0 Å². The lowest BCUT2D eigenvalue weighted by atomic mass is 9.72. The van der Waals surface area contributed by atoms with Crippen molar-refractivity contribution >= 4 is 5.91 Å². The van der Waals surface area contributed by atoms with E-state index in [1.54, 1.807) is 25.4 Å². The third-order valence-electron chi connectivity index (χ3n) is 8.08. The molecule has 35 heavy (non-hydrogen) atoms. The van der Waals surface area contributed by atoms with Crippen LogP contribution in [0.2, 0.25) is 0 Å². The quantitative estimate of drug-likeness (QED) is 0.515. The van der Waals surface area contributed by atoms with Gasteiger partial charge in [-0.15, -0.1) is 0 Å². The van der Waals surface area contributed by atoms with Gasteiger partial charge in [-0.2, -0.15) is 13.2 Å². The fraction of sp³-hybridized carbons (Fsp3) is 0.423. The molecule has 0 N–H and O–H groups in total. The first-order valence-electron chi connectivity index (χ1n) is 11.7. The van der Waals surface area contributed by atoms with Gasteiger partial charge in [0.05, 0.1) is 22.3 Å². The maximum absolute atomic E-state index is 14.1. The van der Waals surface area contributed by atoms with E-state index in [1.165, 1.54) is 19.1 Å². The number of aryl methyl sites for hydroxylation is 1. The van der Waals surface area contributed by atoms with Crippen LogP contribution in [0.5, 0.6) is 0 Å². The monoisotopic (exact) mass is 479 g/mol. The number of nitrogens with zero attached hydrogens (tertiary/aromatic N) is 5. The fourth-order valence-electron chi connectivity index (χ4n) is 6.43. The molecule has 1 amide bonds. The molecule has 2 fully saturated rings. The maximum atomic E-state index is 14.1. The molecular formula is C26H24F3N5O. The van der Waals surface area contributed by atoms with Gasteiger partial charge in [0, 0.05) is 29.9 Å². The molecule has 1 saturated carbocycles. The average molecular weight is 480 g/mol. The third kappa shape index (κ3) is 3.06. The summed E-state index contributed by atoms with van der Waals surface area (Å²) in [6, 6.07) is 5.59. The number of aromatic nitrogens is 4. The smallest absolute Gasteiger partial charge is 0.321 e. The molecule has 4 heterocycles. The number of carbonyl (C=O) groups excluding carboxylic acids is 1. The van der Waals surface area contributed by atoms with Gasteiger partial charge in [-0.25, -0.2) is 19.9 Å². The number of hydrogen-bond donors (Lipinski definition) is 0. The van der Waals surface area contributed by atoms with Crippen molar-refractivity contribution < 1.29 is 18.0 Å². The normalized spacial score (nSPS) is 26.7. The number of hydrogen-bond acceptors (Lipinski definition) is 5. The predicted molar refractivity (Wildman–Crippen MR) is 121 cm³/mol. The summed E-state index contributed by atoms with van der Waals surface area (Å²) in [6.07, 6.45) is 1.80. The molecule has 9 heteroatoms. The lowest BCUT2D eigenvalue weighted by Gasteiger charge is -2.54. The number of halogens is 3. The predicted octanol–water partition coefficient (Wildman–Crippen LogP) is 5.04. The minimum atomic E-state index is -4.52. The molecule has 3 atom stereocenters. The number of rotatable bonds is 2. The summed E-state index contributed by atoms with van der Waals surface area (Å²) in [7, 11) is 0. The fourth-order valence-corrected chi connectivity index (χ4v) is 6.43. The Kier molecular flexibility index (Phi) is 4.48. The zero-order valence-electron chi connectivity index (χ0n) is 19.6. The lowest BCUT2D eigenvalue weighted by molar-refractivity contribution is -0.138. The molecule has 180 valence electrons. The summed E-state index contributed by atoms with van der Waals surface area (Å²) in [5, 5.41) is 0. The van der Waals surface area contributed by atoms with Crippen LogP contribution < -0.4 is 0 Å². The highest BCUT2D eigenvalue weighted by atomic mass is 19.4. The highest BCUT2D eigenvalue weighted by molar-refractivity contribution is 5.98. The molecule has 1 aromatic carbocycles. The van der Waals surface area contributed by atoms with Gasteiger partial charge in [0.2, 0.25) is 0 Å². The van der Waals surface area contributed by atoms with E-state index in [0.717, 1.165) is 30.2 Å². The molecule has 6 nitrogen and oxygen atoms in total. The van der Waals surface area contributed by atoms with Crippen molar-refractivity contribution in [2.45, 2.75) is 63.7 Å². The number of carbonyl (C=O) groups is 1. The van der Waals surface area contributed by atoms with Crippen LogP contribution in [0, 0.1) is 19.8 Å². The minimum Gasteiger partial charge on any atom is -0.321 e. The molecular weight excluding hydrogens is 455 g/mol. The number of benzene rings is 1. The molecule has 3 unspecified atom stereocenters. The summed E-state index contributed by atoms with van der Waals surface area (Å²) in [4.78, 5) is 34.3. The van der Waals surface area contributed by atoms with Crippen LogP contribution in [-0.4, -0.2) is 36.3 Å². The summed E-state index contributed by atoms with van der Waals surface area (Å²) < 4.78 is 40.9. The van der Waals surface area contributed by atoms with Crippen LogP contribution in [0.4, 0.5) is 13.2 Å². The van der Waals surface area contributed by atoms with E-state index in [4.69, 9.17) is 4.98 Å². The second kappa shape index (κ2) is 7.08. The highest BCUT2D eigenvalue weighted by Crippen LogP contribution is 2.65. The molecule has 2 aromatic heterocycles. The zero-order valence-corrected chi connectivity index (χ0v) is 19.6. The second-order valence-corrected chi connectivity index (χ2v) is 10.1. The van der Waals surface area contributed by atoms with E-state index < -0.39 is 22.8 Å². The largest absolute Gasteiger partial charge is 0.416 e. The Morgan fingerprint density at radius 3 is 2.57 bits per heavy atom. The number of amides is 1. The van der Waals surface area contributed by atoms with E-state index in [2.05, 4.69) is 15.0 Å². The van der Waals surface area contributed by atoms with Crippen molar-refractivity contribution in [1.29, 1.82) is 0 Å². The first-order chi connectivity index (χ1) is 16.6. The van der Waals surface area contributed by atoms with Crippen LogP contribution >= 0.6 is 0 Å². The Labute approximate surface area is 200 Å². The zero-order chi connectivity index (χ0) is 24.8.